The minimum Gasteiger partial charge on any atom is -0.478 e. The van der Waals surface area contributed by atoms with E-state index in [1.54, 1.807) is 18.2 Å². The summed E-state index contributed by atoms with van der Waals surface area (Å²) in [5, 5.41) is 11.6. The molecule has 0 fully saturated rings. The Morgan fingerprint density at radius 2 is 1.83 bits per heavy atom. The number of rotatable bonds is 4. The Morgan fingerprint density at radius 3 is 2.59 bits per heavy atom. The summed E-state index contributed by atoms with van der Waals surface area (Å²) in [6.45, 7) is 0. The standard InChI is InChI=1S/C23H17NO5/c25-20(10-11-21(26)27)24-16-7-9-17-19(13-16)29-23-15(6-8-18(23)22(17)28)12-14-4-2-1-3-5-14/h1-5,7,9-13H,6,8H2,(H,24,25)(H,26,27)/b11-10-,15-12+. The third-order valence-corrected chi connectivity index (χ3v) is 4.71. The normalized spacial score (nSPS) is 14.4. The molecule has 2 N–H and O–H groups in total. The molecule has 0 unspecified atom stereocenters. The van der Waals surface area contributed by atoms with E-state index in [1.807, 2.05) is 36.4 Å². The molecule has 3 aromatic rings. The Labute approximate surface area is 165 Å². The van der Waals surface area contributed by atoms with E-state index < -0.39 is 11.9 Å². The van der Waals surface area contributed by atoms with Crippen LogP contribution in [0.1, 0.15) is 23.3 Å². The van der Waals surface area contributed by atoms with E-state index in [0.29, 0.717) is 34.4 Å². The van der Waals surface area contributed by atoms with Crippen molar-refractivity contribution in [3.8, 4) is 0 Å². The number of carbonyl (C=O) groups excluding carboxylic acids is 1. The quantitative estimate of drug-likeness (QED) is 0.663. The van der Waals surface area contributed by atoms with Gasteiger partial charge in [0.1, 0.15) is 11.3 Å². The minimum absolute atomic E-state index is 0.0682. The van der Waals surface area contributed by atoms with Crippen LogP contribution in [-0.4, -0.2) is 17.0 Å². The molecule has 1 amide bonds. The van der Waals surface area contributed by atoms with Crippen LogP contribution in [0.25, 0.3) is 22.6 Å². The summed E-state index contributed by atoms with van der Waals surface area (Å²) in [6, 6.07) is 14.6. The fourth-order valence-electron chi connectivity index (χ4n) is 3.39. The lowest BCUT2D eigenvalue weighted by atomic mass is 10.1. The summed E-state index contributed by atoms with van der Waals surface area (Å²) in [5.74, 6) is -1.21. The second kappa shape index (κ2) is 7.59. The Kier molecular flexibility index (Phi) is 4.83. The molecular formula is C23H17NO5. The molecule has 0 saturated heterocycles. The molecule has 0 atom stereocenters. The van der Waals surface area contributed by atoms with Crippen LogP contribution in [-0.2, 0) is 16.0 Å². The Morgan fingerprint density at radius 1 is 1.03 bits per heavy atom. The summed E-state index contributed by atoms with van der Waals surface area (Å²) in [4.78, 5) is 35.2. The van der Waals surface area contributed by atoms with Gasteiger partial charge in [0.15, 0.2) is 5.43 Å². The van der Waals surface area contributed by atoms with Crippen molar-refractivity contribution in [2.45, 2.75) is 12.8 Å². The second-order valence-electron chi connectivity index (χ2n) is 6.69. The van der Waals surface area contributed by atoms with Crippen LogP contribution in [0.5, 0.6) is 0 Å². The SMILES string of the molecule is O=C(O)/C=C\C(=O)Nc1ccc2c(=O)c3c(oc2c1)/C(=C/c1ccccc1)CC3. The van der Waals surface area contributed by atoms with Gasteiger partial charge in [-0.05, 0) is 42.2 Å². The highest BCUT2D eigenvalue weighted by molar-refractivity contribution is 6.03. The molecule has 0 radical (unpaired) electrons. The summed E-state index contributed by atoms with van der Waals surface area (Å²) < 4.78 is 6.06. The van der Waals surface area contributed by atoms with Gasteiger partial charge in [-0.2, -0.15) is 0 Å². The van der Waals surface area contributed by atoms with Gasteiger partial charge in [-0.3, -0.25) is 9.59 Å². The van der Waals surface area contributed by atoms with Crippen molar-refractivity contribution >= 4 is 40.2 Å². The van der Waals surface area contributed by atoms with Crippen molar-refractivity contribution in [1.29, 1.82) is 0 Å². The van der Waals surface area contributed by atoms with E-state index in [2.05, 4.69) is 5.32 Å². The van der Waals surface area contributed by atoms with Gasteiger partial charge in [0, 0.05) is 29.5 Å². The van der Waals surface area contributed by atoms with Gasteiger partial charge in [0.05, 0.1) is 5.39 Å². The number of nitrogens with one attached hydrogen (secondary N) is 1. The van der Waals surface area contributed by atoms with Crippen LogP contribution >= 0.6 is 0 Å². The fraction of sp³-hybridized carbons (Fsp3) is 0.0870. The lowest BCUT2D eigenvalue weighted by Gasteiger charge is -2.07. The molecule has 0 spiro atoms. The van der Waals surface area contributed by atoms with Crippen molar-refractivity contribution in [1.82, 2.24) is 0 Å². The number of amides is 1. The number of carboxylic acids is 1. The predicted molar refractivity (Wildman–Crippen MR) is 111 cm³/mol. The van der Waals surface area contributed by atoms with Gasteiger partial charge in [-0.25, -0.2) is 4.79 Å². The third kappa shape index (κ3) is 3.87. The first kappa shape index (κ1) is 18.4. The number of carbonyl (C=O) groups is 2. The van der Waals surface area contributed by atoms with E-state index in [0.717, 1.165) is 29.7 Å². The van der Waals surface area contributed by atoms with E-state index in [9.17, 15) is 14.4 Å². The van der Waals surface area contributed by atoms with E-state index in [4.69, 9.17) is 9.52 Å². The highest BCUT2D eigenvalue weighted by Crippen LogP contribution is 2.34. The second-order valence-corrected chi connectivity index (χ2v) is 6.69. The zero-order chi connectivity index (χ0) is 20.4. The largest absolute Gasteiger partial charge is 0.478 e. The maximum atomic E-state index is 12.9. The molecule has 0 saturated carbocycles. The number of carboxylic acid groups (broad SMARTS) is 1. The van der Waals surface area contributed by atoms with Crippen molar-refractivity contribution in [2.75, 3.05) is 5.32 Å². The lowest BCUT2D eigenvalue weighted by Crippen LogP contribution is -2.11. The molecule has 1 heterocycles. The number of hydrogen-bond donors (Lipinski definition) is 2. The first-order chi connectivity index (χ1) is 14.0. The van der Waals surface area contributed by atoms with Crippen LogP contribution in [0.15, 0.2) is 69.9 Å². The van der Waals surface area contributed by atoms with Crippen molar-refractivity contribution < 1.29 is 19.1 Å². The van der Waals surface area contributed by atoms with E-state index in [1.165, 1.54) is 0 Å². The maximum Gasteiger partial charge on any atom is 0.328 e. The molecule has 6 heteroatoms. The van der Waals surface area contributed by atoms with Crippen LogP contribution < -0.4 is 10.7 Å². The monoisotopic (exact) mass is 387 g/mol. The molecule has 29 heavy (non-hydrogen) atoms. The number of benzene rings is 2. The maximum absolute atomic E-state index is 12.9. The number of allylic oxidation sites excluding steroid dienone is 1. The Hall–Kier alpha value is -3.93. The summed E-state index contributed by atoms with van der Waals surface area (Å²) in [6.07, 6.45) is 5.05. The predicted octanol–water partition coefficient (Wildman–Crippen LogP) is 3.86. The fourth-order valence-corrected chi connectivity index (χ4v) is 3.39. The van der Waals surface area contributed by atoms with Gasteiger partial charge in [0.25, 0.3) is 0 Å². The zero-order valence-electron chi connectivity index (χ0n) is 15.3. The number of anilines is 1. The first-order valence-corrected chi connectivity index (χ1v) is 9.09. The van der Waals surface area contributed by atoms with E-state index >= 15 is 0 Å². The van der Waals surface area contributed by atoms with Gasteiger partial charge in [0.2, 0.25) is 5.91 Å². The number of hydrogen-bond acceptors (Lipinski definition) is 4. The highest BCUT2D eigenvalue weighted by Gasteiger charge is 2.24. The third-order valence-electron chi connectivity index (χ3n) is 4.71. The molecule has 4 rings (SSSR count). The smallest absolute Gasteiger partial charge is 0.328 e. The van der Waals surface area contributed by atoms with Crippen molar-refractivity contribution in [3.63, 3.8) is 0 Å². The topological polar surface area (TPSA) is 96.6 Å². The van der Waals surface area contributed by atoms with Gasteiger partial charge >= 0.3 is 5.97 Å². The summed E-state index contributed by atoms with van der Waals surface area (Å²) in [7, 11) is 0. The lowest BCUT2D eigenvalue weighted by molar-refractivity contribution is -0.131. The molecule has 1 aliphatic rings. The van der Waals surface area contributed by atoms with Crippen LogP contribution in [0.2, 0.25) is 0 Å². The molecule has 144 valence electrons. The van der Waals surface area contributed by atoms with Crippen LogP contribution in [0.3, 0.4) is 0 Å². The molecule has 1 aliphatic carbocycles. The summed E-state index contributed by atoms with van der Waals surface area (Å²) >= 11 is 0. The van der Waals surface area contributed by atoms with Crippen molar-refractivity contribution in [2.24, 2.45) is 0 Å². The summed E-state index contributed by atoms with van der Waals surface area (Å²) in [5.41, 5.74) is 3.37. The first-order valence-electron chi connectivity index (χ1n) is 9.09. The number of aliphatic carboxylic acids is 1. The van der Waals surface area contributed by atoms with E-state index in [-0.39, 0.29) is 5.43 Å². The average Bonchev–Trinajstić information content (AvgIpc) is 3.10. The number of fused-ring (bicyclic) bond motifs is 2. The van der Waals surface area contributed by atoms with Gasteiger partial charge < -0.3 is 14.8 Å². The molecule has 1 aromatic heterocycles. The minimum atomic E-state index is -1.21. The average molecular weight is 387 g/mol. The molecule has 6 nitrogen and oxygen atoms in total. The zero-order valence-corrected chi connectivity index (χ0v) is 15.3. The Bertz CT molecular complexity index is 1240. The van der Waals surface area contributed by atoms with Gasteiger partial charge in [-0.15, -0.1) is 0 Å². The van der Waals surface area contributed by atoms with Gasteiger partial charge in [-0.1, -0.05) is 30.3 Å². The van der Waals surface area contributed by atoms with Crippen LogP contribution in [0, 0.1) is 0 Å². The Balaban J connectivity index is 1.72. The molecular weight excluding hydrogens is 370 g/mol. The van der Waals surface area contributed by atoms with Crippen molar-refractivity contribution in [3.05, 3.63) is 87.8 Å². The molecule has 2 aromatic carbocycles. The molecule has 0 bridgehead atoms. The molecule has 0 aliphatic heterocycles. The highest BCUT2D eigenvalue weighted by atomic mass is 16.4. The van der Waals surface area contributed by atoms with Crippen LogP contribution in [0.4, 0.5) is 5.69 Å².